The summed E-state index contributed by atoms with van der Waals surface area (Å²) in [7, 11) is 0. The maximum atomic E-state index is 3.93. The lowest BCUT2D eigenvalue weighted by molar-refractivity contribution is 0.359. The van der Waals surface area contributed by atoms with Crippen LogP contribution in [0.5, 0.6) is 0 Å². The maximum Gasteiger partial charge on any atom is 0.0485 e. The molecule has 1 atom stereocenters. The number of aromatic nitrogens is 1. The fraction of sp³-hybridized carbons (Fsp3) is 0.548. The van der Waals surface area contributed by atoms with Crippen molar-refractivity contribution in [2.24, 2.45) is 0 Å². The summed E-state index contributed by atoms with van der Waals surface area (Å²) < 4.78 is 2.65. The Bertz CT molecular complexity index is 1020. The van der Waals surface area contributed by atoms with Crippen LogP contribution < -0.4 is 5.32 Å². The number of hydrogen-bond donors (Lipinski definition) is 1. The Kier molecular flexibility index (Phi) is 7.51. The van der Waals surface area contributed by atoms with Gasteiger partial charge in [-0.15, -0.1) is 0 Å². The van der Waals surface area contributed by atoms with Crippen molar-refractivity contribution in [3.8, 4) is 0 Å². The van der Waals surface area contributed by atoms with Crippen LogP contribution in [0.1, 0.15) is 99.3 Å². The summed E-state index contributed by atoms with van der Waals surface area (Å²) in [4.78, 5) is 0. The van der Waals surface area contributed by atoms with Gasteiger partial charge in [-0.05, 0) is 75.1 Å². The second-order valence-electron chi connectivity index (χ2n) is 10.8. The minimum Gasteiger partial charge on any atom is -0.344 e. The van der Waals surface area contributed by atoms with E-state index in [1.54, 1.807) is 5.56 Å². The van der Waals surface area contributed by atoms with E-state index in [1.807, 2.05) is 0 Å². The van der Waals surface area contributed by atoms with Gasteiger partial charge in [0.25, 0.3) is 0 Å². The molecule has 2 saturated carbocycles. The van der Waals surface area contributed by atoms with E-state index in [4.69, 9.17) is 0 Å². The molecule has 2 heteroatoms. The van der Waals surface area contributed by atoms with Gasteiger partial charge in [-0.2, -0.15) is 0 Å². The predicted molar refractivity (Wildman–Crippen MR) is 141 cm³/mol. The Morgan fingerprint density at radius 2 is 1.64 bits per heavy atom. The maximum absolute atomic E-state index is 3.93. The highest BCUT2D eigenvalue weighted by Crippen LogP contribution is 2.37. The average Bonchev–Trinajstić information content (AvgIpc) is 3.24. The van der Waals surface area contributed by atoms with Gasteiger partial charge < -0.3 is 9.88 Å². The SMILES string of the molecule is Cc1cccc(CC(CCNC2CCCCC2)c2cn(C3CCCCC3)c3ccccc23)c1. The standard InChI is InChI=1S/C31H42N2/c1-24-11-10-12-25(21-24)22-26(19-20-32-27-13-4-2-5-14-27)30-23-33(28-15-6-3-7-16-28)31-18-9-8-17-29(30)31/h8-12,17-18,21,23,26-28,32H,2-7,13-16,19-20,22H2,1H3. The molecule has 3 aromatic rings. The lowest BCUT2D eigenvalue weighted by atomic mass is 9.88. The fourth-order valence-corrected chi connectivity index (χ4v) is 6.48. The third kappa shape index (κ3) is 5.54. The van der Waals surface area contributed by atoms with E-state index in [-0.39, 0.29) is 0 Å². The molecule has 2 aliphatic rings. The zero-order valence-corrected chi connectivity index (χ0v) is 20.6. The van der Waals surface area contributed by atoms with Crippen LogP contribution in [0.3, 0.4) is 0 Å². The molecule has 5 rings (SSSR count). The van der Waals surface area contributed by atoms with Gasteiger partial charge in [-0.1, -0.05) is 86.6 Å². The molecule has 0 aliphatic heterocycles. The molecule has 0 amide bonds. The number of fused-ring (bicyclic) bond motifs is 1. The number of rotatable bonds is 8. The first-order valence-corrected chi connectivity index (χ1v) is 13.7. The second kappa shape index (κ2) is 10.9. The van der Waals surface area contributed by atoms with E-state index in [1.165, 1.54) is 92.7 Å². The Labute approximate surface area is 200 Å². The van der Waals surface area contributed by atoms with E-state index in [0.717, 1.165) is 19.0 Å². The molecule has 33 heavy (non-hydrogen) atoms. The first kappa shape index (κ1) is 22.7. The van der Waals surface area contributed by atoms with Gasteiger partial charge in [0, 0.05) is 29.2 Å². The Morgan fingerprint density at radius 1 is 0.879 bits per heavy atom. The normalized spacial score (nSPS) is 19.2. The molecule has 1 N–H and O–H groups in total. The summed E-state index contributed by atoms with van der Waals surface area (Å²) in [6.07, 6.45) is 18.7. The number of benzene rings is 2. The minimum absolute atomic E-state index is 0.553. The molecule has 0 bridgehead atoms. The quantitative estimate of drug-likeness (QED) is 0.373. The van der Waals surface area contributed by atoms with Crippen LogP contribution >= 0.6 is 0 Å². The summed E-state index contributed by atoms with van der Waals surface area (Å²) in [5.74, 6) is 0.553. The molecule has 0 saturated heterocycles. The molecule has 2 aliphatic carbocycles. The smallest absolute Gasteiger partial charge is 0.0485 e. The third-order valence-electron chi connectivity index (χ3n) is 8.27. The Hall–Kier alpha value is -2.06. The van der Waals surface area contributed by atoms with Crippen molar-refractivity contribution in [1.29, 1.82) is 0 Å². The summed E-state index contributed by atoms with van der Waals surface area (Å²) in [5, 5.41) is 5.42. The van der Waals surface area contributed by atoms with Crippen molar-refractivity contribution in [3.05, 3.63) is 71.4 Å². The molecule has 1 heterocycles. The lowest BCUT2D eigenvalue weighted by Crippen LogP contribution is -2.32. The van der Waals surface area contributed by atoms with E-state index in [2.05, 4.69) is 71.5 Å². The molecular formula is C31H42N2. The van der Waals surface area contributed by atoms with Crippen LogP contribution in [0, 0.1) is 6.92 Å². The Balaban J connectivity index is 1.43. The first-order chi connectivity index (χ1) is 16.3. The number of nitrogens with zero attached hydrogens (tertiary/aromatic N) is 1. The zero-order valence-electron chi connectivity index (χ0n) is 20.6. The van der Waals surface area contributed by atoms with Crippen molar-refractivity contribution in [3.63, 3.8) is 0 Å². The van der Waals surface area contributed by atoms with Gasteiger partial charge in [-0.3, -0.25) is 0 Å². The molecule has 2 fully saturated rings. The Morgan fingerprint density at radius 3 is 2.42 bits per heavy atom. The van der Waals surface area contributed by atoms with Crippen LogP contribution in [0.25, 0.3) is 10.9 Å². The van der Waals surface area contributed by atoms with Crippen LogP contribution in [0.2, 0.25) is 0 Å². The van der Waals surface area contributed by atoms with E-state index >= 15 is 0 Å². The predicted octanol–water partition coefficient (Wildman–Crippen LogP) is 8.09. The molecular weight excluding hydrogens is 400 g/mol. The van der Waals surface area contributed by atoms with Crippen molar-refractivity contribution < 1.29 is 0 Å². The van der Waals surface area contributed by atoms with Crippen molar-refractivity contribution >= 4 is 10.9 Å². The van der Waals surface area contributed by atoms with Crippen molar-refractivity contribution in [2.75, 3.05) is 6.54 Å². The van der Waals surface area contributed by atoms with Crippen LogP contribution in [-0.4, -0.2) is 17.2 Å². The van der Waals surface area contributed by atoms with Gasteiger partial charge in [-0.25, -0.2) is 0 Å². The monoisotopic (exact) mass is 442 g/mol. The highest BCUT2D eigenvalue weighted by atomic mass is 15.0. The highest BCUT2D eigenvalue weighted by molar-refractivity contribution is 5.84. The van der Waals surface area contributed by atoms with Gasteiger partial charge in [0.15, 0.2) is 0 Å². The van der Waals surface area contributed by atoms with Crippen molar-refractivity contribution in [2.45, 2.75) is 102 Å². The molecule has 1 aromatic heterocycles. The van der Waals surface area contributed by atoms with Crippen LogP contribution in [0.15, 0.2) is 54.7 Å². The molecule has 2 aromatic carbocycles. The number of nitrogens with one attached hydrogen (secondary N) is 1. The van der Waals surface area contributed by atoms with Crippen LogP contribution in [-0.2, 0) is 6.42 Å². The molecule has 1 unspecified atom stereocenters. The molecule has 0 spiro atoms. The summed E-state index contributed by atoms with van der Waals surface area (Å²) in [6, 6.07) is 19.8. The van der Waals surface area contributed by atoms with E-state index < -0.39 is 0 Å². The second-order valence-corrected chi connectivity index (χ2v) is 10.8. The van der Waals surface area contributed by atoms with Gasteiger partial charge in [0.1, 0.15) is 0 Å². The van der Waals surface area contributed by atoms with Crippen molar-refractivity contribution in [1.82, 2.24) is 9.88 Å². The summed E-state index contributed by atoms with van der Waals surface area (Å²) in [6.45, 7) is 3.35. The first-order valence-electron chi connectivity index (χ1n) is 13.7. The van der Waals surface area contributed by atoms with Gasteiger partial charge in [0.2, 0.25) is 0 Å². The third-order valence-corrected chi connectivity index (χ3v) is 8.27. The largest absolute Gasteiger partial charge is 0.344 e. The molecule has 0 radical (unpaired) electrons. The fourth-order valence-electron chi connectivity index (χ4n) is 6.48. The van der Waals surface area contributed by atoms with Gasteiger partial charge >= 0.3 is 0 Å². The van der Waals surface area contributed by atoms with E-state index in [9.17, 15) is 0 Å². The molecule has 2 nitrogen and oxygen atoms in total. The number of hydrogen-bond acceptors (Lipinski definition) is 1. The van der Waals surface area contributed by atoms with Crippen LogP contribution in [0.4, 0.5) is 0 Å². The van der Waals surface area contributed by atoms with Gasteiger partial charge in [0.05, 0.1) is 0 Å². The highest BCUT2D eigenvalue weighted by Gasteiger charge is 2.23. The topological polar surface area (TPSA) is 17.0 Å². The number of aryl methyl sites for hydroxylation is 1. The zero-order chi connectivity index (χ0) is 22.5. The summed E-state index contributed by atoms with van der Waals surface area (Å²) in [5.41, 5.74) is 5.88. The molecule has 176 valence electrons. The lowest BCUT2D eigenvalue weighted by Gasteiger charge is -2.25. The minimum atomic E-state index is 0.553. The average molecular weight is 443 g/mol. The number of para-hydroxylation sites is 1. The van der Waals surface area contributed by atoms with E-state index in [0.29, 0.717) is 12.0 Å². The summed E-state index contributed by atoms with van der Waals surface area (Å²) >= 11 is 0.